The Hall–Kier alpha value is -2.77. The van der Waals surface area contributed by atoms with Crippen molar-refractivity contribution in [1.82, 2.24) is 14.9 Å². The van der Waals surface area contributed by atoms with Gasteiger partial charge in [-0.1, -0.05) is 6.07 Å². The van der Waals surface area contributed by atoms with Gasteiger partial charge in [0, 0.05) is 13.1 Å². The van der Waals surface area contributed by atoms with Crippen molar-refractivity contribution < 1.29 is 18.3 Å². The van der Waals surface area contributed by atoms with Gasteiger partial charge in [0.25, 0.3) is 0 Å². The number of aromatic nitrogens is 2. The number of benzene rings is 1. The van der Waals surface area contributed by atoms with Crippen molar-refractivity contribution in [1.29, 1.82) is 0 Å². The Balaban J connectivity index is 2.10. The second-order valence-electron chi connectivity index (χ2n) is 4.84. The number of nitrogens with one attached hydrogen (secondary N) is 1. The summed E-state index contributed by atoms with van der Waals surface area (Å²) < 4.78 is 31.2. The first kappa shape index (κ1) is 16.6. The van der Waals surface area contributed by atoms with Gasteiger partial charge in [0.2, 0.25) is 5.88 Å². The van der Waals surface area contributed by atoms with E-state index in [2.05, 4.69) is 15.3 Å². The lowest BCUT2D eigenvalue weighted by Gasteiger charge is -2.25. The highest BCUT2D eigenvalue weighted by Crippen LogP contribution is 2.21. The minimum atomic E-state index is -0.955. The number of urea groups is 1. The molecule has 1 atom stereocenters. The number of rotatable bonds is 4. The minimum absolute atomic E-state index is 0.270. The molecule has 0 aliphatic rings. The maximum atomic E-state index is 13.3. The van der Waals surface area contributed by atoms with E-state index in [-0.39, 0.29) is 5.82 Å². The summed E-state index contributed by atoms with van der Waals surface area (Å²) in [7, 11) is 2.99. The van der Waals surface area contributed by atoms with E-state index in [1.165, 1.54) is 30.5 Å². The fourth-order valence-electron chi connectivity index (χ4n) is 1.89. The van der Waals surface area contributed by atoms with Gasteiger partial charge in [-0.05, 0) is 24.6 Å². The Morgan fingerprint density at radius 3 is 2.65 bits per heavy atom. The molecule has 0 radical (unpaired) electrons. The van der Waals surface area contributed by atoms with Gasteiger partial charge in [-0.25, -0.2) is 23.5 Å². The van der Waals surface area contributed by atoms with Gasteiger partial charge >= 0.3 is 6.03 Å². The predicted molar refractivity (Wildman–Crippen MR) is 80.1 cm³/mol. The fourth-order valence-corrected chi connectivity index (χ4v) is 1.89. The van der Waals surface area contributed by atoms with Crippen LogP contribution >= 0.6 is 0 Å². The molecule has 0 saturated carbocycles. The van der Waals surface area contributed by atoms with Crippen LogP contribution in [0, 0.1) is 11.6 Å². The molecule has 1 N–H and O–H groups in total. The van der Waals surface area contributed by atoms with E-state index in [1.807, 2.05) is 0 Å². The van der Waals surface area contributed by atoms with Crippen LogP contribution in [0.5, 0.6) is 5.88 Å². The molecule has 23 heavy (non-hydrogen) atoms. The van der Waals surface area contributed by atoms with Crippen LogP contribution in [0.1, 0.15) is 18.5 Å². The lowest BCUT2D eigenvalue weighted by molar-refractivity contribution is 0.208. The summed E-state index contributed by atoms with van der Waals surface area (Å²) in [5, 5.41) is 2.58. The summed E-state index contributed by atoms with van der Waals surface area (Å²) in [4.78, 5) is 21.3. The Bertz CT molecular complexity index is 712. The van der Waals surface area contributed by atoms with Crippen LogP contribution in [0.15, 0.2) is 30.6 Å². The van der Waals surface area contributed by atoms with E-state index in [1.54, 1.807) is 14.0 Å². The van der Waals surface area contributed by atoms with Gasteiger partial charge < -0.3 is 9.64 Å². The average Bonchev–Trinajstić information content (AvgIpc) is 2.56. The normalized spacial score (nSPS) is 11.7. The highest BCUT2D eigenvalue weighted by atomic mass is 19.2. The van der Waals surface area contributed by atoms with E-state index in [0.717, 1.165) is 12.1 Å². The summed E-state index contributed by atoms with van der Waals surface area (Å²) in [6.07, 6.45) is 1.26. The van der Waals surface area contributed by atoms with Crippen LogP contribution in [0.4, 0.5) is 19.4 Å². The lowest BCUT2D eigenvalue weighted by atomic mass is 10.1. The Morgan fingerprint density at radius 1 is 1.26 bits per heavy atom. The largest absolute Gasteiger partial charge is 0.481 e. The standard InChI is InChI=1S/C15H16F2N4O2/c1-9(10-4-5-11(16)12(17)6-10)21(2)15(22)20-13-7-14(23-3)19-8-18-13/h4-9H,1-3H3,(H,18,19,20,22)/t9-/m0/s1. The number of carbonyl (C=O) groups excluding carboxylic acids is 1. The summed E-state index contributed by atoms with van der Waals surface area (Å²) in [6.45, 7) is 1.70. The Labute approximate surface area is 132 Å². The summed E-state index contributed by atoms with van der Waals surface area (Å²) in [5.74, 6) is -1.30. The molecule has 0 bridgehead atoms. The van der Waals surface area contributed by atoms with E-state index in [4.69, 9.17) is 4.74 Å². The number of hydrogen-bond acceptors (Lipinski definition) is 4. The first-order valence-electron chi connectivity index (χ1n) is 6.77. The molecule has 2 aromatic rings. The van der Waals surface area contributed by atoms with Gasteiger partial charge in [-0.2, -0.15) is 0 Å². The zero-order valence-corrected chi connectivity index (χ0v) is 12.9. The number of carbonyl (C=O) groups is 1. The maximum Gasteiger partial charge on any atom is 0.323 e. The second kappa shape index (κ2) is 6.99. The third-order valence-electron chi connectivity index (χ3n) is 3.41. The van der Waals surface area contributed by atoms with Gasteiger partial charge in [-0.3, -0.25) is 5.32 Å². The predicted octanol–water partition coefficient (Wildman–Crippen LogP) is 2.99. The van der Waals surface area contributed by atoms with Crippen LogP contribution in [-0.4, -0.2) is 35.1 Å². The van der Waals surface area contributed by atoms with E-state index in [0.29, 0.717) is 11.4 Å². The molecule has 0 aliphatic carbocycles. The monoisotopic (exact) mass is 322 g/mol. The van der Waals surface area contributed by atoms with Crippen molar-refractivity contribution in [2.75, 3.05) is 19.5 Å². The minimum Gasteiger partial charge on any atom is -0.481 e. The van der Waals surface area contributed by atoms with Gasteiger partial charge in [0.15, 0.2) is 11.6 Å². The molecule has 0 fully saturated rings. The second-order valence-corrected chi connectivity index (χ2v) is 4.84. The van der Waals surface area contributed by atoms with Crippen molar-refractivity contribution in [2.24, 2.45) is 0 Å². The smallest absolute Gasteiger partial charge is 0.323 e. The number of halogens is 2. The zero-order valence-electron chi connectivity index (χ0n) is 12.9. The van der Waals surface area contributed by atoms with E-state index in [9.17, 15) is 13.6 Å². The fraction of sp³-hybridized carbons (Fsp3) is 0.267. The van der Waals surface area contributed by atoms with Crippen molar-refractivity contribution in [3.63, 3.8) is 0 Å². The molecule has 2 amide bonds. The van der Waals surface area contributed by atoms with Gasteiger partial charge in [0.05, 0.1) is 13.2 Å². The maximum absolute atomic E-state index is 13.3. The van der Waals surface area contributed by atoms with Gasteiger partial charge in [0.1, 0.15) is 12.1 Å². The van der Waals surface area contributed by atoms with Crippen LogP contribution in [0.25, 0.3) is 0 Å². The molecule has 0 spiro atoms. The highest BCUT2D eigenvalue weighted by Gasteiger charge is 2.19. The number of anilines is 1. The molecule has 0 unspecified atom stereocenters. The first-order chi connectivity index (χ1) is 10.9. The number of ether oxygens (including phenoxy) is 1. The number of methoxy groups -OCH3 is 1. The molecular formula is C15H16F2N4O2. The number of amides is 2. The third-order valence-corrected chi connectivity index (χ3v) is 3.41. The van der Waals surface area contributed by atoms with E-state index >= 15 is 0 Å². The third kappa shape index (κ3) is 3.91. The summed E-state index contributed by atoms with van der Waals surface area (Å²) in [6, 6.07) is 4.07. The van der Waals surface area contributed by atoms with Crippen LogP contribution in [0.3, 0.4) is 0 Å². The van der Waals surface area contributed by atoms with Crippen molar-refractivity contribution in [3.05, 3.63) is 47.8 Å². The molecule has 6 nitrogen and oxygen atoms in total. The molecule has 0 saturated heterocycles. The Morgan fingerprint density at radius 2 is 2.00 bits per heavy atom. The first-order valence-corrected chi connectivity index (χ1v) is 6.77. The molecule has 2 rings (SSSR count). The number of nitrogens with zero attached hydrogens (tertiary/aromatic N) is 3. The lowest BCUT2D eigenvalue weighted by Crippen LogP contribution is -2.34. The van der Waals surface area contributed by atoms with Crippen LogP contribution in [-0.2, 0) is 0 Å². The molecule has 1 heterocycles. The molecule has 0 aliphatic heterocycles. The van der Waals surface area contributed by atoms with Crippen LogP contribution in [0.2, 0.25) is 0 Å². The highest BCUT2D eigenvalue weighted by molar-refractivity contribution is 5.88. The van der Waals surface area contributed by atoms with Crippen molar-refractivity contribution in [2.45, 2.75) is 13.0 Å². The quantitative estimate of drug-likeness (QED) is 0.939. The van der Waals surface area contributed by atoms with Gasteiger partial charge in [-0.15, -0.1) is 0 Å². The topological polar surface area (TPSA) is 67.3 Å². The average molecular weight is 322 g/mol. The Kier molecular flexibility index (Phi) is 5.05. The SMILES string of the molecule is COc1cc(NC(=O)N(C)[C@@H](C)c2ccc(F)c(F)c2)ncn1. The number of hydrogen-bond donors (Lipinski definition) is 1. The molecule has 122 valence electrons. The molecule has 1 aromatic heterocycles. The van der Waals surface area contributed by atoms with Crippen molar-refractivity contribution >= 4 is 11.8 Å². The zero-order chi connectivity index (χ0) is 17.0. The molecule has 1 aromatic carbocycles. The van der Waals surface area contributed by atoms with E-state index < -0.39 is 23.7 Å². The van der Waals surface area contributed by atoms with Crippen LogP contribution < -0.4 is 10.1 Å². The summed E-state index contributed by atoms with van der Waals surface area (Å²) >= 11 is 0. The summed E-state index contributed by atoms with van der Waals surface area (Å²) in [5.41, 5.74) is 0.474. The van der Waals surface area contributed by atoms with Crippen molar-refractivity contribution in [3.8, 4) is 5.88 Å². The molecular weight excluding hydrogens is 306 g/mol. The molecule has 8 heteroatoms.